The maximum atomic E-state index is 9.53. The molecule has 0 radical (unpaired) electrons. The van der Waals surface area contributed by atoms with E-state index < -0.39 is 24.6 Å². The van der Waals surface area contributed by atoms with Gasteiger partial charge in [-0.25, -0.2) is 0 Å². The highest BCUT2D eigenvalue weighted by atomic mass is 16.7. The van der Waals surface area contributed by atoms with E-state index in [0.29, 0.717) is 0 Å². The summed E-state index contributed by atoms with van der Waals surface area (Å²) in [4.78, 5) is 0. The predicted octanol–water partition coefficient (Wildman–Crippen LogP) is -1.29. The maximum Gasteiger partial charge on any atom is 0.183 e. The Hall–Kier alpha value is -0.200. The van der Waals surface area contributed by atoms with Gasteiger partial charge in [-0.1, -0.05) is 6.92 Å². The summed E-state index contributed by atoms with van der Waals surface area (Å²) in [6, 6.07) is 0. The molecule has 0 bridgehead atoms. The van der Waals surface area contributed by atoms with Crippen LogP contribution in [0.1, 0.15) is 6.92 Å². The molecule has 0 aromatic rings. The first-order valence-corrected chi connectivity index (χ1v) is 4.27. The first-order chi connectivity index (χ1) is 6.11. The number of hydrogen-bond acceptors (Lipinski definition) is 5. The molecule has 1 heterocycles. The molecule has 2 unspecified atom stereocenters. The van der Waals surface area contributed by atoms with Crippen molar-refractivity contribution in [2.75, 3.05) is 13.7 Å². The van der Waals surface area contributed by atoms with Crippen molar-refractivity contribution in [2.24, 2.45) is 5.92 Å². The lowest BCUT2D eigenvalue weighted by molar-refractivity contribution is -0.280. The van der Waals surface area contributed by atoms with Crippen molar-refractivity contribution in [1.82, 2.24) is 0 Å². The molecule has 5 atom stereocenters. The summed E-state index contributed by atoms with van der Waals surface area (Å²) in [5.74, 6) is -0.365. The second-order valence-corrected chi connectivity index (χ2v) is 3.30. The molecule has 1 aliphatic rings. The third-order valence-electron chi connectivity index (χ3n) is 2.46. The van der Waals surface area contributed by atoms with E-state index in [-0.39, 0.29) is 12.5 Å². The van der Waals surface area contributed by atoms with Gasteiger partial charge < -0.3 is 24.8 Å². The van der Waals surface area contributed by atoms with Gasteiger partial charge in [0.25, 0.3) is 0 Å². The third-order valence-corrected chi connectivity index (χ3v) is 2.46. The van der Waals surface area contributed by atoms with E-state index in [4.69, 9.17) is 14.6 Å². The molecule has 1 fully saturated rings. The molecule has 0 saturated carbocycles. The van der Waals surface area contributed by atoms with Gasteiger partial charge in [0.05, 0.1) is 12.7 Å². The average molecular weight is 192 g/mol. The van der Waals surface area contributed by atoms with Crippen molar-refractivity contribution >= 4 is 0 Å². The summed E-state index contributed by atoms with van der Waals surface area (Å²) in [6.45, 7) is 1.41. The SMILES string of the molecule is CO[C@H]1OC(CO)[C@@H](O)[C@H](C)C1O. The Kier molecular flexibility index (Phi) is 3.63. The Morgan fingerprint density at radius 2 is 1.92 bits per heavy atom. The monoisotopic (exact) mass is 192 g/mol. The smallest absolute Gasteiger partial charge is 0.183 e. The number of ether oxygens (including phenoxy) is 2. The fourth-order valence-corrected chi connectivity index (χ4v) is 1.47. The molecular weight excluding hydrogens is 176 g/mol. The van der Waals surface area contributed by atoms with Crippen LogP contribution in [0.2, 0.25) is 0 Å². The highest BCUT2D eigenvalue weighted by Gasteiger charge is 2.41. The predicted molar refractivity (Wildman–Crippen MR) is 43.9 cm³/mol. The molecule has 1 rings (SSSR count). The minimum absolute atomic E-state index is 0.280. The third kappa shape index (κ3) is 2.00. The van der Waals surface area contributed by atoms with Crippen LogP contribution in [0, 0.1) is 5.92 Å². The molecule has 13 heavy (non-hydrogen) atoms. The van der Waals surface area contributed by atoms with Crippen LogP contribution in [0.5, 0.6) is 0 Å². The van der Waals surface area contributed by atoms with E-state index >= 15 is 0 Å². The van der Waals surface area contributed by atoms with Crippen molar-refractivity contribution in [3.05, 3.63) is 0 Å². The van der Waals surface area contributed by atoms with Crippen LogP contribution in [0.3, 0.4) is 0 Å². The van der Waals surface area contributed by atoms with Gasteiger partial charge in [0, 0.05) is 13.0 Å². The zero-order valence-corrected chi connectivity index (χ0v) is 7.75. The minimum atomic E-state index is -0.859. The van der Waals surface area contributed by atoms with Gasteiger partial charge >= 0.3 is 0 Å². The number of hydrogen-bond donors (Lipinski definition) is 3. The maximum absolute atomic E-state index is 9.53. The van der Waals surface area contributed by atoms with Crippen molar-refractivity contribution in [1.29, 1.82) is 0 Å². The second kappa shape index (κ2) is 4.34. The lowest BCUT2D eigenvalue weighted by Crippen LogP contribution is -2.54. The molecule has 5 heteroatoms. The Labute approximate surface area is 76.9 Å². The van der Waals surface area contributed by atoms with E-state index in [0.717, 1.165) is 0 Å². The largest absolute Gasteiger partial charge is 0.394 e. The number of aliphatic hydroxyl groups excluding tert-OH is 3. The van der Waals surface area contributed by atoms with Gasteiger partial charge in [-0.15, -0.1) is 0 Å². The highest BCUT2D eigenvalue weighted by Crippen LogP contribution is 2.25. The minimum Gasteiger partial charge on any atom is -0.394 e. The highest BCUT2D eigenvalue weighted by molar-refractivity contribution is 4.86. The Balaban J connectivity index is 2.66. The molecule has 0 aromatic heterocycles. The lowest BCUT2D eigenvalue weighted by atomic mass is 9.91. The van der Waals surface area contributed by atoms with Gasteiger partial charge in [0.2, 0.25) is 0 Å². The zero-order chi connectivity index (χ0) is 10.0. The summed E-state index contributed by atoms with van der Waals surface area (Å²) in [5, 5.41) is 27.9. The number of rotatable bonds is 2. The fraction of sp³-hybridized carbons (Fsp3) is 1.00. The van der Waals surface area contributed by atoms with Gasteiger partial charge in [0.15, 0.2) is 6.29 Å². The molecule has 78 valence electrons. The van der Waals surface area contributed by atoms with Gasteiger partial charge in [-0.05, 0) is 0 Å². The van der Waals surface area contributed by atoms with E-state index in [2.05, 4.69) is 0 Å². The Bertz CT molecular complexity index is 143. The molecule has 3 N–H and O–H groups in total. The van der Waals surface area contributed by atoms with Crippen LogP contribution in [0.15, 0.2) is 0 Å². The van der Waals surface area contributed by atoms with Crippen LogP contribution < -0.4 is 0 Å². The molecule has 0 aromatic carbocycles. The molecule has 0 spiro atoms. The van der Waals surface area contributed by atoms with Crippen LogP contribution in [0.25, 0.3) is 0 Å². The van der Waals surface area contributed by atoms with E-state index in [9.17, 15) is 10.2 Å². The quantitative estimate of drug-likeness (QED) is 0.507. The molecule has 0 aliphatic carbocycles. The van der Waals surface area contributed by atoms with Crippen LogP contribution in [0.4, 0.5) is 0 Å². The fourth-order valence-electron chi connectivity index (χ4n) is 1.47. The van der Waals surface area contributed by atoms with Crippen molar-refractivity contribution in [2.45, 2.75) is 31.5 Å². The van der Waals surface area contributed by atoms with E-state index in [1.165, 1.54) is 7.11 Å². The first kappa shape index (κ1) is 10.9. The standard InChI is InChI=1S/C8H16O5/c1-4-6(10)5(3-9)13-8(12-2)7(4)11/h4-11H,3H2,1-2H3/t4-,5?,6-,7?,8-/m0/s1. The summed E-state index contributed by atoms with van der Waals surface area (Å²) in [6.07, 6.45) is -3.16. The van der Waals surface area contributed by atoms with Crippen molar-refractivity contribution in [3.8, 4) is 0 Å². The average Bonchev–Trinajstić information content (AvgIpc) is 2.15. The van der Waals surface area contributed by atoms with Gasteiger partial charge in [-0.3, -0.25) is 0 Å². The Morgan fingerprint density at radius 3 is 2.38 bits per heavy atom. The van der Waals surface area contributed by atoms with Gasteiger partial charge in [-0.2, -0.15) is 0 Å². The summed E-state index contributed by atoms with van der Waals surface area (Å²) in [5.41, 5.74) is 0. The normalized spacial score (nSPS) is 46.4. The first-order valence-electron chi connectivity index (χ1n) is 4.27. The van der Waals surface area contributed by atoms with Crippen LogP contribution in [-0.4, -0.2) is 53.6 Å². The van der Waals surface area contributed by atoms with Crippen molar-refractivity contribution < 1.29 is 24.8 Å². The van der Waals surface area contributed by atoms with Crippen LogP contribution in [-0.2, 0) is 9.47 Å². The van der Waals surface area contributed by atoms with Crippen LogP contribution >= 0.6 is 0 Å². The summed E-state index contributed by atoms with van der Waals surface area (Å²) < 4.78 is 9.97. The molecule has 1 saturated heterocycles. The zero-order valence-electron chi connectivity index (χ0n) is 7.75. The second-order valence-electron chi connectivity index (χ2n) is 3.30. The summed E-state index contributed by atoms with van der Waals surface area (Å²) in [7, 11) is 1.41. The van der Waals surface area contributed by atoms with E-state index in [1.54, 1.807) is 6.92 Å². The molecule has 1 aliphatic heterocycles. The molecular formula is C8H16O5. The Morgan fingerprint density at radius 1 is 1.31 bits per heavy atom. The van der Waals surface area contributed by atoms with E-state index in [1.807, 2.05) is 0 Å². The topological polar surface area (TPSA) is 79.2 Å². The molecule has 0 amide bonds. The lowest BCUT2D eigenvalue weighted by Gasteiger charge is -2.40. The number of methoxy groups -OCH3 is 1. The van der Waals surface area contributed by atoms with Crippen molar-refractivity contribution in [3.63, 3.8) is 0 Å². The summed E-state index contributed by atoms with van der Waals surface area (Å²) >= 11 is 0. The number of aliphatic hydroxyl groups is 3. The van der Waals surface area contributed by atoms with Gasteiger partial charge in [0.1, 0.15) is 12.2 Å². The molecule has 5 nitrogen and oxygen atoms in total.